The zero-order valence-corrected chi connectivity index (χ0v) is 17.5. The van der Waals surface area contributed by atoms with Crippen molar-refractivity contribution < 1.29 is 9.53 Å². The van der Waals surface area contributed by atoms with E-state index in [4.69, 9.17) is 33.2 Å². The largest absolute Gasteiger partial charge is 0.492 e. The summed E-state index contributed by atoms with van der Waals surface area (Å²) in [4.78, 5) is 12.3. The summed E-state index contributed by atoms with van der Waals surface area (Å²) in [7, 11) is 0. The van der Waals surface area contributed by atoms with Crippen LogP contribution in [0.5, 0.6) is 5.75 Å². The van der Waals surface area contributed by atoms with Crippen LogP contribution in [-0.2, 0) is 0 Å². The second-order valence-corrected chi connectivity index (χ2v) is 7.87. The first-order chi connectivity index (χ1) is 14.6. The van der Waals surface area contributed by atoms with Gasteiger partial charge in [0.25, 0.3) is 5.91 Å². The molecular weight excluding hydrogens is 419 g/mol. The van der Waals surface area contributed by atoms with Gasteiger partial charge in [0.1, 0.15) is 5.75 Å². The lowest BCUT2D eigenvalue weighted by atomic mass is 9.90. The summed E-state index contributed by atoms with van der Waals surface area (Å²) in [5.74, 6) is 0.657. The number of nitrogens with zero attached hydrogens (tertiary/aromatic N) is 1. The van der Waals surface area contributed by atoms with Crippen LogP contribution in [0.3, 0.4) is 0 Å². The summed E-state index contributed by atoms with van der Waals surface area (Å²) in [6.45, 7) is 0.848. The Bertz CT molecular complexity index is 1150. The summed E-state index contributed by atoms with van der Waals surface area (Å²) in [6, 6.07) is 21.0. The van der Waals surface area contributed by atoms with E-state index in [1.165, 1.54) is 0 Å². The minimum Gasteiger partial charge on any atom is -0.492 e. The van der Waals surface area contributed by atoms with Crippen molar-refractivity contribution in [2.75, 3.05) is 13.2 Å². The lowest BCUT2D eigenvalue weighted by Crippen LogP contribution is -2.24. The van der Waals surface area contributed by atoms with Crippen LogP contribution in [0.4, 0.5) is 0 Å². The quantitative estimate of drug-likeness (QED) is 0.511. The molecule has 1 N–H and O–H groups in total. The minimum absolute atomic E-state index is 0.0159. The fourth-order valence-electron chi connectivity index (χ4n) is 3.61. The van der Waals surface area contributed by atoms with Gasteiger partial charge in [-0.3, -0.25) is 4.79 Å². The summed E-state index contributed by atoms with van der Waals surface area (Å²) in [5, 5.41) is 12.6. The van der Waals surface area contributed by atoms with E-state index in [-0.39, 0.29) is 18.2 Å². The second kappa shape index (κ2) is 8.79. The number of ether oxygens (including phenoxy) is 1. The fourth-order valence-corrected chi connectivity index (χ4v) is 4.15. The van der Waals surface area contributed by atoms with Gasteiger partial charge in [-0.1, -0.05) is 47.5 Å². The van der Waals surface area contributed by atoms with E-state index in [9.17, 15) is 4.79 Å². The number of nitriles is 1. The highest BCUT2D eigenvalue weighted by Gasteiger charge is 2.28. The number of amides is 1. The molecule has 0 bridgehead atoms. The Morgan fingerprint density at radius 1 is 1.07 bits per heavy atom. The number of carbonyl (C=O) groups excluding carboxylic acids is 1. The predicted molar refractivity (Wildman–Crippen MR) is 118 cm³/mol. The Labute approximate surface area is 185 Å². The van der Waals surface area contributed by atoms with Crippen LogP contribution in [0.25, 0.3) is 11.1 Å². The Hall–Kier alpha value is -3.00. The SMILES string of the molecule is N#CCCNC(=O)c1cccc(-c2ccc3c(c2)C(c2ccc(Cl)cc2Cl)CO3)c1. The first-order valence-corrected chi connectivity index (χ1v) is 10.3. The monoisotopic (exact) mass is 436 g/mol. The second-order valence-electron chi connectivity index (χ2n) is 7.03. The molecule has 4 nitrogen and oxygen atoms in total. The summed E-state index contributed by atoms with van der Waals surface area (Å²) in [5.41, 5.74) is 4.50. The van der Waals surface area contributed by atoms with E-state index in [1.807, 2.05) is 48.5 Å². The maximum Gasteiger partial charge on any atom is 0.251 e. The number of fused-ring (bicyclic) bond motifs is 1. The molecule has 0 saturated heterocycles. The van der Waals surface area contributed by atoms with E-state index in [2.05, 4.69) is 11.4 Å². The molecule has 0 spiro atoms. The third kappa shape index (κ3) is 4.14. The van der Waals surface area contributed by atoms with Gasteiger partial charge in [-0.25, -0.2) is 0 Å². The number of nitrogens with one attached hydrogen (secondary N) is 1. The van der Waals surface area contributed by atoms with Gasteiger partial charge in [0.05, 0.1) is 19.1 Å². The number of carbonyl (C=O) groups is 1. The van der Waals surface area contributed by atoms with Crippen molar-refractivity contribution in [3.8, 4) is 22.9 Å². The molecule has 150 valence electrons. The van der Waals surface area contributed by atoms with Crippen molar-refractivity contribution in [3.63, 3.8) is 0 Å². The molecular formula is C24H18Cl2N2O2. The Balaban J connectivity index is 1.64. The van der Waals surface area contributed by atoms with Crippen molar-refractivity contribution in [2.24, 2.45) is 0 Å². The molecule has 1 unspecified atom stereocenters. The average molecular weight is 437 g/mol. The summed E-state index contributed by atoms with van der Waals surface area (Å²) in [6.07, 6.45) is 0.283. The van der Waals surface area contributed by atoms with E-state index in [0.717, 1.165) is 28.0 Å². The Morgan fingerprint density at radius 3 is 2.70 bits per heavy atom. The lowest BCUT2D eigenvalue weighted by molar-refractivity contribution is 0.0954. The number of halogens is 2. The van der Waals surface area contributed by atoms with Gasteiger partial charge < -0.3 is 10.1 Å². The van der Waals surface area contributed by atoms with Gasteiger partial charge in [0, 0.05) is 33.6 Å². The van der Waals surface area contributed by atoms with Gasteiger partial charge in [0.2, 0.25) is 0 Å². The molecule has 0 radical (unpaired) electrons. The van der Waals surface area contributed by atoms with Crippen LogP contribution in [0.1, 0.15) is 33.8 Å². The highest BCUT2D eigenvalue weighted by atomic mass is 35.5. The molecule has 3 aromatic carbocycles. The molecule has 30 heavy (non-hydrogen) atoms. The van der Waals surface area contributed by atoms with Gasteiger partial charge >= 0.3 is 0 Å². The fraction of sp³-hybridized carbons (Fsp3) is 0.167. The van der Waals surface area contributed by atoms with Crippen molar-refractivity contribution in [1.82, 2.24) is 5.32 Å². The molecule has 1 aliphatic heterocycles. The van der Waals surface area contributed by atoms with Gasteiger partial charge in [0.15, 0.2) is 0 Å². The molecule has 1 amide bonds. The molecule has 0 saturated carbocycles. The van der Waals surface area contributed by atoms with Gasteiger partial charge in [-0.2, -0.15) is 5.26 Å². The van der Waals surface area contributed by atoms with Crippen LogP contribution >= 0.6 is 23.2 Å². The smallest absolute Gasteiger partial charge is 0.251 e. The first-order valence-electron chi connectivity index (χ1n) is 9.54. The number of hydrogen-bond acceptors (Lipinski definition) is 3. The summed E-state index contributed by atoms with van der Waals surface area (Å²) < 4.78 is 5.88. The van der Waals surface area contributed by atoms with Crippen LogP contribution in [-0.4, -0.2) is 19.1 Å². The maximum absolute atomic E-state index is 12.3. The number of hydrogen-bond donors (Lipinski definition) is 1. The third-order valence-electron chi connectivity index (χ3n) is 5.11. The Kier molecular flexibility index (Phi) is 5.94. The number of rotatable bonds is 5. The third-order valence-corrected chi connectivity index (χ3v) is 5.67. The van der Waals surface area contributed by atoms with E-state index in [1.54, 1.807) is 12.1 Å². The molecule has 0 fully saturated rings. The van der Waals surface area contributed by atoms with E-state index >= 15 is 0 Å². The standard InChI is InChI=1S/C24H18Cl2N2O2/c25-18-6-7-19(22(26)13-18)21-14-30-23-8-5-16(12-20(21)23)15-3-1-4-17(11-15)24(29)28-10-2-9-27/h1,3-8,11-13,21H,2,10,14H2,(H,28,29). The maximum atomic E-state index is 12.3. The topological polar surface area (TPSA) is 62.1 Å². The molecule has 4 rings (SSSR count). The first kappa shape index (κ1) is 20.3. The molecule has 0 aromatic heterocycles. The van der Waals surface area contributed by atoms with Gasteiger partial charge in [-0.05, 0) is 53.1 Å². The van der Waals surface area contributed by atoms with Crippen LogP contribution in [0, 0.1) is 11.3 Å². The molecule has 1 atom stereocenters. The highest BCUT2D eigenvalue weighted by Crippen LogP contribution is 2.42. The molecule has 0 aliphatic carbocycles. The lowest BCUT2D eigenvalue weighted by Gasteiger charge is -2.13. The average Bonchev–Trinajstić information content (AvgIpc) is 3.17. The highest BCUT2D eigenvalue weighted by molar-refractivity contribution is 6.35. The van der Waals surface area contributed by atoms with Crippen molar-refractivity contribution in [2.45, 2.75) is 12.3 Å². The van der Waals surface area contributed by atoms with Crippen LogP contribution < -0.4 is 10.1 Å². The van der Waals surface area contributed by atoms with E-state index < -0.39 is 0 Å². The van der Waals surface area contributed by atoms with Crippen LogP contribution in [0.15, 0.2) is 60.7 Å². The molecule has 1 heterocycles. The van der Waals surface area contributed by atoms with E-state index in [0.29, 0.717) is 28.8 Å². The normalized spacial score (nSPS) is 14.5. The van der Waals surface area contributed by atoms with Crippen molar-refractivity contribution in [1.29, 1.82) is 5.26 Å². The molecule has 6 heteroatoms. The summed E-state index contributed by atoms with van der Waals surface area (Å²) >= 11 is 12.5. The van der Waals surface area contributed by atoms with Gasteiger partial charge in [-0.15, -0.1) is 0 Å². The zero-order valence-electron chi connectivity index (χ0n) is 16.0. The number of benzene rings is 3. The zero-order chi connectivity index (χ0) is 21.1. The predicted octanol–water partition coefficient (Wildman–Crippen LogP) is 5.83. The van der Waals surface area contributed by atoms with Crippen molar-refractivity contribution in [3.05, 3.63) is 87.4 Å². The van der Waals surface area contributed by atoms with Crippen LogP contribution in [0.2, 0.25) is 10.0 Å². The molecule has 1 aliphatic rings. The molecule has 3 aromatic rings. The Morgan fingerprint density at radius 2 is 1.90 bits per heavy atom. The minimum atomic E-state index is -0.192. The van der Waals surface area contributed by atoms with Crippen molar-refractivity contribution >= 4 is 29.1 Å².